The zero-order chi connectivity index (χ0) is 22.8. The minimum atomic E-state index is -1.22. The Bertz CT molecular complexity index is 698. The zero-order valence-corrected chi connectivity index (χ0v) is 20.5. The van der Waals surface area contributed by atoms with Gasteiger partial charge in [0.05, 0.1) is 11.7 Å². The van der Waals surface area contributed by atoms with Crippen LogP contribution in [0.4, 0.5) is 0 Å². The predicted molar refractivity (Wildman–Crippen MR) is 122 cm³/mol. The third-order valence-corrected chi connectivity index (χ3v) is 11.0. The van der Waals surface area contributed by atoms with E-state index in [1.807, 2.05) is 0 Å². The lowest BCUT2D eigenvalue weighted by atomic mass is 9.43. The SMILES string of the molecule is C[C@H](CCC(=O)C(C)(C)O)[C@H]1CC[C@H]2[C@@H]3CC[C@@]4(O)C[C@H](O)CC[C@]4(C)[C@H]3CC[C@]12C. The molecule has 9 atom stereocenters. The van der Waals surface area contributed by atoms with E-state index in [1.54, 1.807) is 13.8 Å². The van der Waals surface area contributed by atoms with E-state index in [0.29, 0.717) is 41.9 Å². The molecule has 0 heterocycles. The number of fused-ring (bicyclic) bond motifs is 5. The van der Waals surface area contributed by atoms with E-state index in [2.05, 4.69) is 20.8 Å². The highest BCUT2D eigenvalue weighted by Crippen LogP contribution is 2.69. The Kier molecular flexibility index (Phi) is 5.97. The monoisotopic (exact) mass is 434 g/mol. The fourth-order valence-electron chi connectivity index (χ4n) is 9.07. The summed E-state index contributed by atoms with van der Waals surface area (Å²) >= 11 is 0. The van der Waals surface area contributed by atoms with Gasteiger partial charge < -0.3 is 15.3 Å². The van der Waals surface area contributed by atoms with Crippen molar-refractivity contribution in [3.8, 4) is 0 Å². The van der Waals surface area contributed by atoms with Crippen LogP contribution in [0, 0.1) is 40.4 Å². The van der Waals surface area contributed by atoms with Crippen molar-refractivity contribution in [2.45, 2.75) is 123 Å². The molecule has 4 aliphatic carbocycles. The van der Waals surface area contributed by atoms with Crippen molar-refractivity contribution in [3.05, 3.63) is 0 Å². The molecule has 0 unspecified atom stereocenters. The summed E-state index contributed by atoms with van der Waals surface area (Å²) in [5.74, 6) is 3.09. The molecule has 4 rings (SSSR count). The second-order valence-electron chi connectivity index (χ2n) is 13.0. The van der Waals surface area contributed by atoms with Gasteiger partial charge in [0, 0.05) is 12.8 Å². The Morgan fingerprint density at radius 1 is 1.03 bits per heavy atom. The summed E-state index contributed by atoms with van der Waals surface area (Å²) in [6.45, 7) is 10.4. The summed E-state index contributed by atoms with van der Waals surface area (Å²) in [7, 11) is 0. The number of hydrogen-bond donors (Lipinski definition) is 3. The lowest BCUT2D eigenvalue weighted by Crippen LogP contribution is -2.62. The molecule has 0 radical (unpaired) electrons. The smallest absolute Gasteiger partial charge is 0.163 e. The molecule has 0 spiro atoms. The van der Waals surface area contributed by atoms with Crippen LogP contribution in [-0.4, -0.2) is 38.4 Å². The minimum Gasteiger partial charge on any atom is -0.393 e. The quantitative estimate of drug-likeness (QED) is 0.576. The molecule has 4 saturated carbocycles. The summed E-state index contributed by atoms with van der Waals surface area (Å²) < 4.78 is 0. The Morgan fingerprint density at radius 3 is 2.42 bits per heavy atom. The van der Waals surface area contributed by atoms with E-state index in [9.17, 15) is 20.1 Å². The van der Waals surface area contributed by atoms with Crippen LogP contribution < -0.4 is 0 Å². The molecular weight excluding hydrogens is 388 g/mol. The first-order valence-electron chi connectivity index (χ1n) is 13.0. The van der Waals surface area contributed by atoms with Crippen LogP contribution in [0.5, 0.6) is 0 Å². The number of carbonyl (C=O) groups is 1. The van der Waals surface area contributed by atoms with E-state index in [4.69, 9.17) is 0 Å². The van der Waals surface area contributed by atoms with Crippen molar-refractivity contribution in [1.29, 1.82) is 0 Å². The van der Waals surface area contributed by atoms with Gasteiger partial charge in [0.25, 0.3) is 0 Å². The normalized spacial score (nSPS) is 48.5. The average molecular weight is 435 g/mol. The fourth-order valence-corrected chi connectivity index (χ4v) is 9.07. The average Bonchev–Trinajstić information content (AvgIpc) is 3.03. The van der Waals surface area contributed by atoms with Gasteiger partial charge in [-0.05, 0) is 112 Å². The molecule has 0 aliphatic heterocycles. The largest absolute Gasteiger partial charge is 0.393 e. The molecule has 0 bridgehead atoms. The molecule has 0 saturated heterocycles. The molecule has 31 heavy (non-hydrogen) atoms. The third kappa shape index (κ3) is 3.73. The second-order valence-corrected chi connectivity index (χ2v) is 13.0. The van der Waals surface area contributed by atoms with Crippen LogP contribution in [0.25, 0.3) is 0 Å². The van der Waals surface area contributed by atoms with Gasteiger partial charge in [-0.25, -0.2) is 0 Å². The summed E-state index contributed by atoms with van der Waals surface area (Å²) in [5.41, 5.74) is -1.64. The van der Waals surface area contributed by atoms with Gasteiger partial charge in [0.15, 0.2) is 5.78 Å². The Morgan fingerprint density at radius 2 is 1.74 bits per heavy atom. The zero-order valence-electron chi connectivity index (χ0n) is 20.5. The first-order valence-corrected chi connectivity index (χ1v) is 13.0. The number of aliphatic hydroxyl groups is 3. The number of aliphatic hydroxyl groups excluding tert-OH is 1. The van der Waals surface area contributed by atoms with Crippen LogP contribution >= 0.6 is 0 Å². The number of carbonyl (C=O) groups excluding carboxylic acids is 1. The maximum absolute atomic E-state index is 12.3. The van der Waals surface area contributed by atoms with E-state index in [-0.39, 0.29) is 17.3 Å². The maximum atomic E-state index is 12.3. The van der Waals surface area contributed by atoms with E-state index in [1.165, 1.54) is 25.7 Å². The van der Waals surface area contributed by atoms with Gasteiger partial charge in [-0.1, -0.05) is 20.8 Å². The number of rotatable bonds is 5. The van der Waals surface area contributed by atoms with E-state index < -0.39 is 11.2 Å². The standard InChI is InChI=1S/C27H46O4/c1-17(6-9-23(29)24(2,3)30)20-7-8-21-19-11-15-27(31)16-18(28)10-14-26(27,5)22(19)12-13-25(20,21)4/h17-22,28,30-31H,6-16H2,1-5H3/t17-,18-,19+,20-,21+,22+,25-,26-,27-/m1/s1. The van der Waals surface area contributed by atoms with Gasteiger partial charge in [0.1, 0.15) is 5.60 Å². The van der Waals surface area contributed by atoms with E-state index >= 15 is 0 Å². The van der Waals surface area contributed by atoms with Gasteiger partial charge in [-0.3, -0.25) is 4.79 Å². The highest BCUT2D eigenvalue weighted by atomic mass is 16.3. The molecular formula is C27H46O4. The van der Waals surface area contributed by atoms with Crippen LogP contribution in [0.2, 0.25) is 0 Å². The van der Waals surface area contributed by atoms with E-state index in [0.717, 1.165) is 38.0 Å². The van der Waals surface area contributed by atoms with Crippen molar-refractivity contribution in [2.24, 2.45) is 40.4 Å². The van der Waals surface area contributed by atoms with Crippen LogP contribution in [0.15, 0.2) is 0 Å². The Balaban J connectivity index is 1.48. The van der Waals surface area contributed by atoms with Crippen LogP contribution in [0.3, 0.4) is 0 Å². The molecule has 0 aromatic heterocycles. The fraction of sp³-hybridized carbons (Fsp3) is 0.963. The lowest BCUT2D eigenvalue weighted by Gasteiger charge is -2.64. The van der Waals surface area contributed by atoms with Gasteiger partial charge in [-0.2, -0.15) is 0 Å². The summed E-state index contributed by atoms with van der Waals surface area (Å²) in [5, 5.41) is 31.8. The first-order chi connectivity index (χ1) is 14.3. The molecule has 3 N–H and O–H groups in total. The number of Topliss-reactive ketones (excluding diaryl/α,β-unsaturated/α-hetero) is 1. The Hall–Kier alpha value is -0.450. The Labute approximate surface area is 189 Å². The third-order valence-electron chi connectivity index (χ3n) is 11.0. The summed E-state index contributed by atoms with van der Waals surface area (Å²) in [6, 6.07) is 0. The number of hydrogen-bond acceptors (Lipinski definition) is 4. The lowest BCUT2D eigenvalue weighted by molar-refractivity contribution is -0.220. The molecule has 4 fully saturated rings. The molecule has 0 aromatic carbocycles. The van der Waals surface area contributed by atoms with Gasteiger partial charge >= 0.3 is 0 Å². The first kappa shape index (κ1) is 23.7. The molecule has 4 heteroatoms. The molecule has 0 amide bonds. The van der Waals surface area contributed by atoms with Gasteiger partial charge in [-0.15, -0.1) is 0 Å². The summed E-state index contributed by atoms with van der Waals surface area (Å²) in [6.07, 6.45) is 10.2. The van der Waals surface area contributed by atoms with Crippen molar-refractivity contribution in [2.75, 3.05) is 0 Å². The van der Waals surface area contributed by atoms with Crippen LogP contribution in [-0.2, 0) is 4.79 Å². The van der Waals surface area contributed by atoms with Crippen molar-refractivity contribution in [3.63, 3.8) is 0 Å². The van der Waals surface area contributed by atoms with Crippen LogP contribution in [0.1, 0.15) is 105 Å². The highest BCUT2D eigenvalue weighted by Gasteiger charge is 2.64. The van der Waals surface area contributed by atoms with Crippen molar-refractivity contribution < 1.29 is 20.1 Å². The van der Waals surface area contributed by atoms with Crippen molar-refractivity contribution >= 4 is 5.78 Å². The summed E-state index contributed by atoms with van der Waals surface area (Å²) in [4.78, 5) is 12.3. The minimum absolute atomic E-state index is 0.0401. The number of ketones is 1. The second kappa shape index (κ2) is 7.81. The molecule has 4 nitrogen and oxygen atoms in total. The molecule has 178 valence electrons. The van der Waals surface area contributed by atoms with Gasteiger partial charge in [0.2, 0.25) is 0 Å². The molecule has 4 aliphatic rings. The molecule has 0 aromatic rings. The predicted octanol–water partition coefficient (Wildman–Crippen LogP) is 4.88. The highest BCUT2D eigenvalue weighted by molar-refractivity contribution is 5.86. The van der Waals surface area contributed by atoms with Crippen molar-refractivity contribution in [1.82, 2.24) is 0 Å². The topological polar surface area (TPSA) is 77.8 Å². The maximum Gasteiger partial charge on any atom is 0.163 e.